The highest BCUT2D eigenvalue weighted by Gasteiger charge is 2.01. The van der Waals surface area contributed by atoms with Gasteiger partial charge in [0.15, 0.2) is 0 Å². The maximum absolute atomic E-state index is 4.44. The molecule has 0 bridgehead atoms. The van der Waals surface area contributed by atoms with Crippen molar-refractivity contribution in [2.45, 2.75) is 26.2 Å². The number of unbranched alkanes of at least 4 members (excludes halogenated alkanes) is 1. The Kier molecular flexibility index (Phi) is 4.96. The van der Waals surface area contributed by atoms with Crippen molar-refractivity contribution in [2.75, 3.05) is 18.5 Å². The van der Waals surface area contributed by atoms with Crippen molar-refractivity contribution in [2.24, 2.45) is 0 Å². The van der Waals surface area contributed by atoms with E-state index in [-0.39, 0.29) is 0 Å². The van der Waals surface area contributed by atoms with Crippen LogP contribution in [-0.2, 0) is 6.42 Å². The Labute approximate surface area is 116 Å². The molecule has 0 amide bonds. The van der Waals surface area contributed by atoms with Crippen LogP contribution in [0.2, 0.25) is 0 Å². The molecule has 1 aromatic carbocycles. The molecule has 1 aromatic heterocycles. The number of hydrogen-bond donors (Lipinski definition) is 0. The second-order valence-corrected chi connectivity index (χ2v) is 5.06. The van der Waals surface area contributed by atoms with Gasteiger partial charge in [0, 0.05) is 19.8 Å². The fourth-order valence-electron chi connectivity index (χ4n) is 2.12. The van der Waals surface area contributed by atoms with Gasteiger partial charge < -0.3 is 4.90 Å². The lowest BCUT2D eigenvalue weighted by atomic mass is 10.1. The van der Waals surface area contributed by atoms with Crippen LogP contribution < -0.4 is 4.90 Å². The van der Waals surface area contributed by atoms with E-state index >= 15 is 0 Å². The fourth-order valence-corrected chi connectivity index (χ4v) is 2.12. The summed E-state index contributed by atoms with van der Waals surface area (Å²) >= 11 is 0. The van der Waals surface area contributed by atoms with Crippen LogP contribution in [0, 0.1) is 6.92 Å². The van der Waals surface area contributed by atoms with Crippen molar-refractivity contribution in [3.8, 4) is 0 Å². The molecular weight excluding hydrogens is 232 g/mol. The minimum atomic E-state index is 1.06. The monoisotopic (exact) mass is 254 g/mol. The Balaban J connectivity index is 1.72. The molecule has 0 atom stereocenters. The first-order chi connectivity index (χ1) is 9.25. The van der Waals surface area contributed by atoms with Gasteiger partial charge in [-0.2, -0.15) is 0 Å². The van der Waals surface area contributed by atoms with Gasteiger partial charge in [-0.3, -0.25) is 0 Å². The molecule has 0 aliphatic heterocycles. The molecule has 0 radical (unpaired) electrons. The van der Waals surface area contributed by atoms with Crippen molar-refractivity contribution in [3.05, 3.63) is 59.8 Å². The summed E-state index contributed by atoms with van der Waals surface area (Å²) in [6.45, 7) is 3.12. The lowest BCUT2D eigenvalue weighted by molar-refractivity contribution is 0.715. The number of aromatic nitrogens is 1. The summed E-state index contributed by atoms with van der Waals surface area (Å²) in [4.78, 5) is 6.67. The minimum absolute atomic E-state index is 1.06. The van der Waals surface area contributed by atoms with E-state index in [4.69, 9.17) is 0 Å². The molecule has 0 saturated heterocycles. The normalized spacial score (nSPS) is 10.4. The lowest BCUT2D eigenvalue weighted by Gasteiger charge is -2.18. The Hall–Kier alpha value is -1.83. The first-order valence-electron chi connectivity index (χ1n) is 6.93. The molecule has 2 aromatic rings. The van der Waals surface area contributed by atoms with E-state index in [0.29, 0.717) is 0 Å². The maximum atomic E-state index is 4.44. The molecule has 100 valence electrons. The maximum Gasteiger partial charge on any atom is 0.128 e. The van der Waals surface area contributed by atoms with Gasteiger partial charge in [-0.25, -0.2) is 4.98 Å². The van der Waals surface area contributed by atoms with Gasteiger partial charge in [0.25, 0.3) is 0 Å². The average molecular weight is 254 g/mol. The highest BCUT2D eigenvalue weighted by Crippen LogP contribution is 2.11. The van der Waals surface area contributed by atoms with Gasteiger partial charge in [0.05, 0.1) is 0 Å². The summed E-state index contributed by atoms with van der Waals surface area (Å²) in [6, 6.07) is 14.9. The largest absolute Gasteiger partial charge is 0.360 e. The topological polar surface area (TPSA) is 16.1 Å². The molecule has 0 fully saturated rings. The van der Waals surface area contributed by atoms with E-state index in [9.17, 15) is 0 Å². The molecule has 2 heteroatoms. The number of benzene rings is 1. The van der Waals surface area contributed by atoms with Crippen molar-refractivity contribution >= 4 is 5.82 Å². The van der Waals surface area contributed by atoms with Gasteiger partial charge in [-0.1, -0.05) is 36.4 Å². The number of pyridine rings is 1. The van der Waals surface area contributed by atoms with Crippen LogP contribution in [0.3, 0.4) is 0 Å². The fraction of sp³-hybridized carbons (Fsp3) is 0.353. The molecule has 1 heterocycles. The zero-order valence-electron chi connectivity index (χ0n) is 11.8. The third kappa shape index (κ3) is 4.40. The molecule has 0 saturated carbocycles. The summed E-state index contributed by atoms with van der Waals surface area (Å²) in [5.41, 5.74) is 2.64. The third-order valence-electron chi connectivity index (χ3n) is 3.34. The van der Waals surface area contributed by atoms with Crippen LogP contribution in [0.4, 0.5) is 5.82 Å². The van der Waals surface area contributed by atoms with Crippen LogP contribution in [0.25, 0.3) is 0 Å². The number of aryl methyl sites for hydroxylation is 2. The standard InChI is InChI=1S/C17H22N2/c1-15-11-12-17(18-14-15)19(2)13-7-6-10-16-8-4-3-5-9-16/h3-5,8-9,11-12,14H,6-7,10,13H2,1-2H3. The Morgan fingerprint density at radius 2 is 1.79 bits per heavy atom. The highest BCUT2D eigenvalue weighted by molar-refractivity contribution is 5.37. The summed E-state index contributed by atoms with van der Waals surface area (Å²) in [5.74, 6) is 1.06. The number of nitrogens with zero attached hydrogens (tertiary/aromatic N) is 2. The van der Waals surface area contributed by atoms with Crippen LogP contribution in [0.15, 0.2) is 48.7 Å². The van der Waals surface area contributed by atoms with Crippen molar-refractivity contribution < 1.29 is 0 Å². The second kappa shape index (κ2) is 6.93. The predicted octanol–water partition coefficient (Wildman–Crippen LogP) is 3.85. The molecule has 19 heavy (non-hydrogen) atoms. The van der Waals surface area contributed by atoms with Crippen molar-refractivity contribution in [1.82, 2.24) is 4.98 Å². The number of rotatable bonds is 6. The van der Waals surface area contributed by atoms with E-state index in [1.807, 2.05) is 6.20 Å². The van der Waals surface area contributed by atoms with Crippen LogP contribution >= 0.6 is 0 Å². The first-order valence-corrected chi connectivity index (χ1v) is 6.93. The average Bonchev–Trinajstić information content (AvgIpc) is 2.45. The third-order valence-corrected chi connectivity index (χ3v) is 3.34. The smallest absolute Gasteiger partial charge is 0.128 e. The highest BCUT2D eigenvalue weighted by atomic mass is 15.2. The Morgan fingerprint density at radius 3 is 2.47 bits per heavy atom. The first kappa shape index (κ1) is 13.6. The second-order valence-electron chi connectivity index (χ2n) is 5.06. The van der Waals surface area contributed by atoms with Gasteiger partial charge in [0.2, 0.25) is 0 Å². The lowest BCUT2D eigenvalue weighted by Crippen LogP contribution is -2.19. The predicted molar refractivity (Wildman–Crippen MR) is 81.6 cm³/mol. The van der Waals surface area contributed by atoms with Gasteiger partial charge >= 0.3 is 0 Å². The van der Waals surface area contributed by atoms with Gasteiger partial charge in [-0.05, 0) is 43.4 Å². The Morgan fingerprint density at radius 1 is 1.00 bits per heavy atom. The molecule has 0 spiro atoms. The van der Waals surface area contributed by atoms with Gasteiger partial charge in [-0.15, -0.1) is 0 Å². The van der Waals surface area contributed by atoms with E-state index in [1.54, 1.807) is 0 Å². The quantitative estimate of drug-likeness (QED) is 0.728. The molecule has 2 rings (SSSR count). The van der Waals surface area contributed by atoms with E-state index in [0.717, 1.165) is 18.8 Å². The van der Waals surface area contributed by atoms with E-state index in [2.05, 4.69) is 66.3 Å². The van der Waals surface area contributed by atoms with E-state index < -0.39 is 0 Å². The summed E-state index contributed by atoms with van der Waals surface area (Å²) < 4.78 is 0. The summed E-state index contributed by atoms with van der Waals surface area (Å²) in [5, 5.41) is 0. The van der Waals surface area contributed by atoms with Crippen molar-refractivity contribution in [3.63, 3.8) is 0 Å². The molecule has 0 N–H and O–H groups in total. The van der Waals surface area contributed by atoms with Crippen LogP contribution in [0.5, 0.6) is 0 Å². The number of hydrogen-bond acceptors (Lipinski definition) is 2. The van der Waals surface area contributed by atoms with E-state index in [1.165, 1.54) is 24.0 Å². The molecule has 0 aliphatic carbocycles. The Bertz CT molecular complexity index is 476. The zero-order chi connectivity index (χ0) is 13.5. The zero-order valence-corrected chi connectivity index (χ0v) is 11.8. The molecule has 0 aliphatic rings. The van der Waals surface area contributed by atoms with Crippen LogP contribution in [-0.4, -0.2) is 18.6 Å². The molecule has 2 nitrogen and oxygen atoms in total. The number of anilines is 1. The van der Waals surface area contributed by atoms with Gasteiger partial charge in [0.1, 0.15) is 5.82 Å². The SMILES string of the molecule is Cc1ccc(N(C)CCCCc2ccccc2)nc1. The van der Waals surface area contributed by atoms with Crippen LogP contribution in [0.1, 0.15) is 24.0 Å². The summed E-state index contributed by atoms with van der Waals surface area (Å²) in [7, 11) is 2.11. The van der Waals surface area contributed by atoms with Crippen molar-refractivity contribution in [1.29, 1.82) is 0 Å². The molecule has 0 unspecified atom stereocenters. The summed E-state index contributed by atoms with van der Waals surface area (Å²) in [6.07, 6.45) is 5.51. The minimum Gasteiger partial charge on any atom is -0.360 e. The molecular formula is C17H22N2.